The first-order valence-electron chi connectivity index (χ1n) is 6.70. The Hall–Kier alpha value is -2.33. The summed E-state index contributed by atoms with van der Waals surface area (Å²) >= 11 is 0. The number of ether oxygens (including phenoxy) is 3. The molecule has 1 atom stereocenters. The minimum absolute atomic E-state index is 0.0270. The number of Topliss-reactive ketones (excluding diaryl/α,β-unsaturated/α-hetero) is 1. The largest absolute Gasteiger partial charge is 0.493 e. The van der Waals surface area contributed by atoms with Crippen LogP contribution >= 0.6 is 0 Å². The first-order chi connectivity index (χ1) is 10.2. The molecule has 0 saturated heterocycles. The van der Waals surface area contributed by atoms with Gasteiger partial charge in [-0.3, -0.25) is 4.79 Å². The van der Waals surface area contributed by atoms with Gasteiger partial charge in [-0.15, -0.1) is 0 Å². The van der Waals surface area contributed by atoms with Crippen LogP contribution in [0.3, 0.4) is 0 Å². The molecule has 21 heavy (non-hydrogen) atoms. The SMILES string of the molecule is COc1cccc2c1OC(OC)(c1ccccc1)CC2=O. The zero-order valence-electron chi connectivity index (χ0n) is 12.0. The summed E-state index contributed by atoms with van der Waals surface area (Å²) in [6.07, 6.45) is 0.133. The smallest absolute Gasteiger partial charge is 0.244 e. The average molecular weight is 284 g/mol. The highest BCUT2D eigenvalue weighted by molar-refractivity contribution is 6.01. The fraction of sp³-hybridized carbons (Fsp3) is 0.235. The van der Waals surface area contributed by atoms with Crippen molar-refractivity contribution in [1.82, 2.24) is 0 Å². The van der Waals surface area contributed by atoms with Gasteiger partial charge < -0.3 is 14.2 Å². The Labute approximate surface area is 123 Å². The monoisotopic (exact) mass is 284 g/mol. The second-order valence-electron chi connectivity index (χ2n) is 4.86. The molecular weight excluding hydrogens is 268 g/mol. The highest BCUT2D eigenvalue weighted by Crippen LogP contribution is 2.44. The standard InChI is InChI=1S/C17H16O4/c1-19-15-10-6-9-13-14(18)11-17(20-2,21-16(13)15)12-7-4-3-5-8-12/h3-10H,11H2,1-2H3. The lowest BCUT2D eigenvalue weighted by molar-refractivity contribution is -0.174. The van der Waals surface area contributed by atoms with E-state index in [0.717, 1.165) is 5.56 Å². The molecule has 0 saturated carbocycles. The van der Waals surface area contributed by atoms with E-state index in [-0.39, 0.29) is 12.2 Å². The molecule has 0 fully saturated rings. The molecule has 1 heterocycles. The Morgan fingerprint density at radius 3 is 2.48 bits per heavy atom. The molecule has 1 unspecified atom stereocenters. The normalized spacial score (nSPS) is 20.6. The quantitative estimate of drug-likeness (QED) is 0.868. The molecule has 1 aliphatic rings. The maximum atomic E-state index is 12.5. The van der Waals surface area contributed by atoms with Crippen molar-refractivity contribution in [3.05, 3.63) is 59.7 Å². The van der Waals surface area contributed by atoms with Gasteiger partial charge in [0.2, 0.25) is 5.79 Å². The molecular formula is C17H16O4. The van der Waals surface area contributed by atoms with Crippen molar-refractivity contribution in [3.8, 4) is 11.5 Å². The molecule has 0 spiro atoms. The molecule has 0 radical (unpaired) electrons. The van der Waals surface area contributed by atoms with Crippen molar-refractivity contribution in [2.45, 2.75) is 12.2 Å². The maximum Gasteiger partial charge on any atom is 0.244 e. The van der Waals surface area contributed by atoms with E-state index in [1.807, 2.05) is 30.3 Å². The number of hydrogen-bond acceptors (Lipinski definition) is 4. The van der Waals surface area contributed by atoms with Gasteiger partial charge in [-0.2, -0.15) is 0 Å². The number of hydrogen-bond donors (Lipinski definition) is 0. The van der Waals surface area contributed by atoms with Crippen LogP contribution < -0.4 is 9.47 Å². The molecule has 0 aliphatic carbocycles. The molecule has 3 rings (SSSR count). The number of ketones is 1. The van der Waals surface area contributed by atoms with E-state index in [0.29, 0.717) is 17.1 Å². The van der Waals surface area contributed by atoms with Crippen LogP contribution in [0.5, 0.6) is 11.5 Å². The fourth-order valence-corrected chi connectivity index (χ4v) is 2.59. The summed E-state index contributed by atoms with van der Waals surface area (Å²) in [5.41, 5.74) is 1.33. The summed E-state index contributed by atoms with van der Waals surface area (Å²) in [5.74, 6) is -0.180. The summed E-state index contributed by atoms with van der Waals surface area (Å²) in [7, 11) is 3.09. The summed E-state index contributed by atoms with van der Waals surface area (Å²) in [6.45, 7) is 0. The van der Waals surface area contributed by atoms with E-state index in [9.17, 15) is 4.79 Å². The van der Waals surface area contributed by atoms with Crippen LogP contribution in [-0.2, 0) is 10.5 Å². The van der Waals surface area contributed by atoms with E-state index in [1.165, 1.54) is 0 Å². The van der Waals surface area contributed by atoms with Crippen LogP contribution in [0.25, 0.3) is 0 Å². The van der Waals surface area contributed by atoms with Gasteiger partial charge in [0.1, 0.15) is 0 Å². The zero-order valence-corrected chi connectivity index (χ0v) is 12.0. The lowest BCUT2D eigenvalue weighted by Crippen LogP contribution is -2.41. The summed E-state index contributed by atoms with van der Waals surface area (Å²) in [5, 5.41) is 0. The lowest BCUT2D eigenvalue weighted by atomic mass is 9.93. The third-order valence-electron chi connectivity index (χ3n) is 3.70. The summed E-state index contributed by atoms with van der Waals surface area (Å²) in [6, 6.07) is 14.7. The zero-order chi connectivity index (χ0) is 14.9. The first kappa shape index (κ1) is 13.6. The van der Waals surface area contributed by atoms with Crippen molar-refractivity contribution in [2.75, 3.05) is 14.2 Å². The number of carbonyl (C=O) groups is 1. The first-order valence-corrected chi connectivity index (χ1v) is 6.70. The number of benzene rings is 2. The molecule has 0 N–H and O–H groups in total. The summed E-state index contributed by atoms with van der Waals surface area (Å²) in [4.78, 5) is 12.5. The Morgan fingerprint density at radius 1 is 1.05 bits per heavy atom. The molecule has 4 nitrogen and oxygen atoms in total. The summed E-state index contributed by atoms with van der Waals surface area (Å²) < 4.78 is 17.0. The van der Waals surface area contributed by atoms with Crippen LogP contribution in [0.2, 0.25) is 0 Å². The molecule has 0 aromatic heterocycles. The highest BCUT2D eigenvalue weighted by Gasteiger charge is 2.43. The predicted molar refractivity (Wildman–Crippen MR) is 77.7 cm³/mol. The fourth-order valence-electron chi connectivity index (χ4n) is 2.59. The second kappa shape index (κ2) is 5.22. The Bertz CT molecular complexity index is 666. The molecule has 2 aromatic carbocycles. The van der Waals surface area contributed by atoms with Gasteiger partial charge in [-0.25, -0.2) is 0 Å². The molecule has 4 heteroatoms. The third-order valence-corrected chi connectivity index (χ3v) is 3.70. The third kappa shape index (κ3) is 2.17. The highest BCUT2D eigenvalue weighted by atomic mass is 16.7. The van der Waals surface area contributed by atoms with Crippen LogP contribution in [-0.4, -0.2) is 20.0 Å². The van der Waals surface area contributed by atoms with Gasteiger partial charge in [0.25, 0.3) is 0 Å². The van der Waals surface area contributed by atoms with E-state index >= 15 is 0 Å². The van der Waals surface area contributed by atoms with Gasteiger partial charge in [-0.05, 0) is 12.1 Å². The molecule has 0 bridgehead atoms. The van der Waals surface area contributed by atoms with Gasteiger partial charge >= 0.3 is 0 Å². The van der Waals surface area contributed by atoms with Crippen molar-refractivity contribution >= 4 is 5.78 Å². The van der Waals surface area contributed by atoms with Gasteiger partial charge in [-0.1, -0.05) is 36.4 Å². The Kier molecular flexibility index (Phi) is 3.39. The van der Waals surface area contributed by atoms with Crippen LogP contribution in [0.15, 0.2) is 48.5 Å². The van der Waals surface area contributed by atoms with E-state index < -0.39 is 5.79 Å². The van der Waals surface area contributed by atoms with Crippen molar-refractivity contribution in [3.63, 3.8) is 0 Å². The van der Waals surface area contributed by atoms with E-state index in [4.69, 9.17) is 14.2 Å². The minimum Gasteiger partial charge on any atom is -0.493 e. The van der Waals surface area contributed by atoms with Gasteiger partial charge in [0.05, 0.1) is 19.1 Å². The number of carbonyl (C=O) groups excluding carboxylic acids is 1. The lowest BCUT2D eigenvalue weighted by Gasteiger charge is -2.37. The predicted octanol–water partition coefficient (Wildman–Crippen LogP) is 3.16. The number of para-hydroxylation sites is 1. The molecule has 0 amide bonds. The maximum absolute atomic E-state index is 12.5. The Balaban J connectivity index is 2.13. The van der Waals surface area contributed by atoms with Crippen molar-refractivity contribution in [2.24, 2.45) is 0 Å². The van der Waals surface area contributed by atoms with E-state index in [2.05, 4.69) is 0 Å². The topological polar surface area (TPSA) is 44.8 Å². The van der Waals surface area contributed by atoms with Gasteiger partial charge in [0.15, 0.2) is 17.3 Å². The van der Waals surface area contributed by atoms with Crippen LogP contribution in [0.4, 0.5) is 0 Å². The molecule has 2 aromatic rings. The van der Waals surface area contributed by atoms with Crippen molar-refractivity contribution < 1.29 is 19.0 Å². The van der Waals surface area contributed by atoms with Crippen LogP contribution in [0, 0.1) is 0 Å². The minimum atomic E-state index is -1.11. The molecule has 108 valence electrons. The Morgan fingerprint density at radius 2 is 1.81 bits per heavy atom. The van der Waals surface area contributed by atoms with Crippen molar-refractivity contribution in [1.29, 1.82) is 0 Å². The second-order valence-corrected chi connectivity index (χ2v) is 4.86. The molecule has 1 aliphatic heterocycles. The number of fused-ring (bicyclic) bond motifs is 1. The van der Waals surface area contributed by atoms with Gasteiger partial charge in [0, 0.05) is 12.7 Å². The average Bonchev–Trinajstić information content (AvgIpc) is 2.55. The number of rotatable bonds is 3. The number of methoxy groups -OCH3 is 2. The van der Waals surface area contributed by atoms with Crippen LogP contribution in [0.1, 0.15) is 22.3 Å². The van der Waals surface area contributed by atoms with E-state index in [1.54, 1.807) is 32.4 Å².